The number of halogens is 4. The molecular formula is C21H23Cl2F2N5O. The summed E-state index contributed by atoms with van der Waals surface area (Å²) in [5.41, 5.74) is 2.54. The molecule has 2 aliphatic rings. The lowest BCUT2D eigenvalue weighted by Gasteiger charge is -2.29. The number of urea groups is 1. The molecule has 0 spiro atoms. The predicted molar refractivity (Wildman–Crippen MR) is 116 cm³/mol. The molecule has 10 heteroatoms. The van der Waals surface area contributed by atoms with Crippen molar-refractivity contribution < 1.29 is 13.6 Å². The average molecular weight is 470 g/mol. The number of nitrogens with zero attached hydrogens (tertiary/aromatic N) is 3. The first-order valence-electron chi connectivity index (χ1n) is 10.2. The lowest BCUT2D eigenvalue weighted by molar-refractivity contribution is 0.00850. The van der Waals surface area contributed by atoms with Crippen LogP contribution in [0, 0.1) is 0 Å². The molecule has 2 aromatic rings. The molecular weight excluding hydrogens is 447 g/mol. The van der Waals surface area contributed by atoms with Crippen LogP contribution < -0.4 is 10.6 Å². The smallest absolute Gasteiger partial charge is 0.318 e. The molecule has 0 unspecified atom stereocenters. The fourth-order valence-electron chi connectivity index (χ4n) is 3.94. The van der Waals surface area contributed by atoms with E-state index < -0.39 is 5.92 Å². The van der Waals surface area contributed by atoms with Crippen LogP contribution in [-0.2, 0) is 13.0 Å². The lowest BCUT2D eigenvalue weighted by atomic mass is 10.1. The van der Waals surface area contributed by atoms with Crippen molar-refractivity contribution in [3.63, 3.8) is 0 Å². The zero-order valence-electron chi connectivity index (χ0n) is 17.0. The molecule has 2 atom stereocenters. The summed E-state index contributed by atoms with van der Waals surface area (Å²) in [7, 11) is 0. The molecule has 1 aromatic heterocycles. The molecule has 0 saturated heterocycles. The van der Waals surface area contributed by atoms with E-state index in [2.05, 4.69) is 20.6 Å². The quantitative estimate of drug-likeness (QED) is 0.644. The van der Waals surface area contributed by atoms with Crippen LogP contribution in [-0.4, -0.2) is 39.4 Å². The van der Waals surface area contributed by atoms with Gasteiger partial charge in [0.25, 0.3) is 0 Å². The molecule has 1 saturated carbocycles. The Hall–Kier alpha value is -2.19. The maximum Gasteiger partial charge on any atom is 0.318 e. The van der Waals surface area contributed by atoms with Gasteiger partial charge in [-0.3, -0.25) is 0 Å². The van der Waals surface area contributed by atoms with Crippen molar-refractivity contribution in [1.29, 1.82) is 0 Å². The molecule has 1 fully saturated rings. The Balaban J connectivity index is 1.39. The standard InChI is InChI=1S/C21H23Cl2F2N5O/c1-12(13-2-3-16(22)17(23)8-13)27-20(31)30-7-5-14-10-26-19(29-18(14)11-30)28-15-4-6-21(24,25)9-15/h2-3,8,10,12,15H,4-7,9,11H2,1H3,(H,27,31)(H,26,28,29)/t12-,15+/m1/s1. The van der Waals surface area contributed by atoms with Gasteiger partial charge in [-0.1, -0.05) is 29.3 Å². The molecule has 2 heterocycles. The van der Waals surface area contributed by atoms with Gasteiger partial charge in [0.05, 0.1) is 28.3 Å². The number of fused-ring (bicyclic) bond motifs is 1. The summed E-state index contributed by atoms with van der Waals surface area (Å²) in [6.07, 6.45) is 2.39. The van der Waals surface area contributed by atoms with Gasteiger partial charge in [0, 0.05) is 31.6 Å². The van der Waals surface area contributed by atoms with Gasteiger partial charge in [-0.2, -0.15) is 0 Å². The van der Waals surface area contributed by atoms with Crippen LogP contribution in [0.3, 0.4) is 0 Å². The van der Waals surface area contributed by atoms with E-state index in [1.807, 2.05) is 13.0 Å². The molecule has 1 aliphatic carbocycles. The number of rotatable bonds is 4. The molecule has 0 radical (unpaired) electrons. The second-order valence-corrected chi connectivity index (χ2v) is 8.94. The summed E-state index contributed by atoms with van der Waals surface area (Å²) in [5.74, 6) is -2.31. The second-order valence-electron chi connectivity index (χ2n) is 8.12. The van der Waals surface area contributed by atoms with E-state index in [1.54, 1.807) is 23.2 Å². The number of hydrogen-bond acceptors (Lipinski definition) is 4. The van der Waals surface area contributed by atoms with Crippen molar-refractivity contribution >= 4 is 35.2 Å². The van der Waals surface area contributed by atoms with Gasteiger partial charge >= 0.3 is 6.03 Å². The first-order chi connectivity index (χ1) is 14.7. The minimum absolute atomic E-state index is 0.124. The van der Waals surface area contributed by atoms with E-state index in [0.29, 0.717) is 41.9 Å². The van der Waals surface area contributed by atoms with Gasteiger partial charge in [-0.05, 0) is 43.0 Å². The van der Waals surface area contributed by atoms with Gasteiger partial charge < -0.3 is 15.5 Å². The van der Waals surface area contributed by atoms with Gasteiger partial charge in [0.15, 0.2) is 0 Å². The van der Waals surface area contributed by atoms with Crippen molar-refractivity contribution in [3.8, 4) is 0 Å². The van der Waals surface area contributed by atoms with Gasteiger partial charge in [0.1, 0.15) is 0 Å². The summed E-state index contributed by atoms with van der Waals surface area (Å²) in [5, 5.41) is 6.87. The van der Waals surface area contributed by atoms with Crippen molar-refractivity contribution in [1.82, 2.24) is 20.2 Å². The van der Waals surface area contributed by atoms with Crippen molar-refractivity contribution in [3.05, 3.63) is 51.3 Å². The molecule has 1 aromatic carbocycles. The van der Waals surface area contributed by atoms with Crippen LogP contribution in [0.1, 0.15) is 49.0 Å². The monoisotopic (exact) mass is 469 g/mol. The highest BCUT2D eigenvalue weighted by Crippen LogP contribution is 2.36. The van der Waals surface area contributed by atoms with Crippen molar-refractivity contribution in [2.75, 3.05) is 11.9 Å². The molecule has 6 nitrogen and oxygen atoms in total. The second kappa shape index (κ2) is 8.74. The van der Waals surface area contributed by atoms with Gasteiger partial charge in [0.2, 0.25) is 11.9 Å². The van der Waals surface area contributed by atoms with E-state index >= 15 is 0 Å². The summed E-state index contributed by atoms with van der Waals surface area (Å²) in [6.45, 7) is 2.74. The van der Waals surface area contributed by atoms with Crippen molar-refractivity contribution in [2.24, 2.45) is 0 Å². The topological polar surface area (TPSA) is 70.2 Å². The molecule has 31 heavy (non-hydrogen) atoms. The Kier molecular flexibility index (Phi) is 6.21. The largest absolute Gasteiger partial charge is 0.351 e. The zero-order valence-corrected chi connectivity index (χ0v) is 18.5. The first-order valence-corrected chi connectivity index (χ1v) is 11.0. The number of anilines is 1. The third kappa shape index (κ3) is 5.18. The Morgan fingerprint density at radius 3 is 2.84 bits per heavy atom. The number of benzene rings is 1. The van der Waals surface area contributed by atoms with E-state index in [9.17, 15) is 13.6 Å². The minimum Gasteiger partial charge on any atom is -0.351 e. The zero-order chi connectivity index (χ0) is 22.2. The Labute approximate surface area is 189 Å². The summed E-state index contributed by atoms with van der Waals surface area (Å²) >= 11 is 12.0. The Bertz CT molecular complexity index is 990. The van der Waals surface area contributed by atoms with Crippen molar-refractivity contribution in [2.45, 2.75) is 57.2 Å². The van der Waals surface area contributed by atoms with E-state index in [4.69, 9.17) is 23.2 Å². The molecule has 0 bridgehead atoms. The summed E-state index contributed by atoms with van der Waals surface area (Å²) < 4.78 is 26.9. The third-order valence-corrected chi connectivity index (χ3v) is 6.49. The number of carbonyl (C=O) groups is 1. The number of carbonyl (C=O) groups excluding carboxylic acids is 1. The highest BCUT2D eigenvalue weighted by molar-refractivity contribution is 6.42. The minimum atomic E-state index is -2.63. The van der Waals surface area contributed by atoms with Gasteiger partial charge in [-0.25, -0.2) is 23.5 Å². The Morgan fingerprint density at radius 2 is 2.13 bits per heavy atom. The molecule has 2 N–H and O–H groups in total. The van der Waals surface area contributed by atoms with Crippen LogP contribution in [0.25, 0.3) is 0 Å². The van der Waals surface area contributed by atoms with Crippen LogP contribution in [0.2, 0.25) is 10.0 Å². The fourth-order valence-corrected chi connectivity index (χ4v) is 4.25. The molecule has 4 rings (SSSR count). The predicted octanol–water partition coefficient (Wildman–Crippen LogP) is 5.21. The first kappa shape index (κ1) is 22.0. The number of alkyl halides is 2. The maximum atomic E-state index is 13.4. The maximum absolute atomic E-state index is 13.4. The summed E-state index contributed by atoms with van der Waals surface area (Å²) in [4.78, 5) is 23.2. The van der Waals surface area contributed by atoms with Crippen LogP contribution in [0.5, 0.6) is 0 Å². The van der Waals surface area contributed by atoms with Gasteiger partial charge in [-0.15, -0.1) is 0 Å². The SMILES string of the molecule is C[C@@H](NC(=O)N1CCc2cnc(N[C@H]3CCC(F)(F)C3)nc2C1)c1ccc(Cl)c(Cl)c1. The molecule has 1 aliphatic heterocycles. The molecule has 2 amide bonds. The van der Waals surface area contributed by atoms with Crippen LogP contribution in [0.15, 0.2) is 24.4 Å². The van der Waals surface area contributed by atoms with Crippen LogP contribution in [0.4, 0.5) is 19.5 Å². The summed E-state index contributed by atoms with van der Waals surface area (Å²) in [6, 6.07) is 4.44. The number of aromatic nitrogens is 2. The lowest BCUT2D eigenvalue weighted by Crippen LogP contribution is -2.44. The fraction of sp³-hybridized carbons (Fsp3) is 0.476. The third-order valence-electron chi connectivity index (χ3n) is 5.75. The highest BCUT2D eigenvalue weighted by atomic mass is 35.5. The van der Waals surface area contributed by atoms with Crippen LogP contribution >= 0.6 is 23.2 Å². The number of nitrogens with one attached hydrogen (secondary N) is 2. The van der Waals surface area contributed by atoms with E-state index in [-0.39, 0.29) is 31.0 Å². The number of hydrogen-bond donors (Lipinski definition) is 2. The number of amides is 2. The average Bonchev–Trinajstić information content (AvgIpc) is 3.07. The van der Waals surface area contributed by atoms with E-state index in [0.717, 1.165) is 16.8 Å². The molecule has 166 valence electrons. The van der Waals surface area contributed by atoms with E-state index in [1.165, 1.54) is 0 Å². The normalized spacial score (nSPS) is 20.8. The Morgan fingerprint density at radius 1 is 1.32 bits per heavy atom. The highest BCUT2D eigenvalue weighted by Gasteiger charge is 2.39.